The Morgan fingerprint density at radius 2 is 1.64 bits per heavy atom. The first kappa shape index (κ1) is 16.5. The Kier molecular flexibility index (Phi) is 4.38. The summed E-state index contributed by atoms with van der Waals surface area (Å²) in [4.78, 5) is 15.2. The number of hydrogen-bond acceptors (Lipinski definition) is 3. The van der Waals surface area contributed by atoms with Crippen molar-refractivity contribution < 1.29 is 27.8 Å². The Balaban J connectivity index is 2.11. The number of hydrogen-bond donors (Lipinski definition) is 1. The van der Waals surface area contributed by atoms with E-state index in [0.717, 1.165) is 18.2 Å². The van der Waals surface area contributed by atoms with Gasteiger partial charge in [-0.3, -0.25) is 0 Å². The van der Waals surface area contributed by atoms with Crippen LogP contribution in [0.1, 0.15) is 10.4 Å². The number of pyridine rings is 1. The van der Waals surface area contributed by atoms with E-state index in [1.54, 1.807) is 0 Å². The molecule has 4 nitrogen and oxygen atoms in total. The molecule has 3 aromatic rings. The molecule has 7 heteroatoms. The molecule has 0 aliphatic heterocycles. The van der Waals surface area contributed by atoms with Crippen molar-refractivity contribution in [1.82, 2.24) is 4.98 Å². The number of carboxylic acids is 1. The molecule has 126 valence electrons. The maximum absolute atomic E-state index is 13.9. The van der Waals surface area contributed by atoms with E-state index < -0.39 is 29.3 Å². The van der Waals surface area contributed by atoms with Gasteiger partial charge >= 0.3 is 5.97 Å². The van der Waals surface area contributed by atoms with Crippen LogP contribution in [0.2, 0.25) is 0 Å². The molecule has 0 spiro atoms. The van der Waals surface area contributed by atoms with Gasteiger partial charge in [-0.25, -0.2) is 22.9 Å². The van der Waals surface area contributed by atoms with Gasteiger partial charge in [-0.1, -0.05) is 18.2 Å². The number of nitrogens with zero attached hydrogens (tertiary/aromatic N) is 1. The van der Waals surface area contributed by atoms with Crippen molar-refractivity contribution >= 4 is 5.97 Å². The van der Waals surface area contributed by atoms with Gasteiger partial charge in [-0.05, 0) is 36.4 Å². The monoisotopic (exact) mass is 345 g/mol. The minimum absolute atomic E-state index is 0.0478. The van der Waals surface area contributed by atoms with Crippen LogP contribution in [-0.4, -0.2) is 16.1 Å². The summed E-state index contributed by atoms with van der Waals surface area (Å²) in [5.74, 6) is -4.95. The Morgan fingerprint density at radius 3 is 2.36 bits per heavy atom. The number of para-hydroxylation sites is 1. The molecule has 1 N–H and O–H groups in total. The van der Waals surface area contributed by atoms with Crippen LogP contribution >= 0.6 is 0 Å². The van der Waals surface area contributed by atoms with Gasteiger partial charge in [0.25, 0.3) is 0 Å². The molecule has 3 rings (SSSR count). The van der Waals surface area contributed by atoms with Crippen LogP contribution in [0.4, 0.5) is 13.2 Å². The molecule has 0 bridgehead atoms. The fourth-order valence-corrected chi connectivity index (χ4v) is 2.16. The van der Waals surface area contributed by atoms with E-state index in [2.05, 4.69) is 4.98 Å². The van der Waals surface area contributed by atoms with Crippen molar-refractivity contribution in [2.45, 2.75) is 0 Å². The predicted molar refractivity (Wildman–Crippen MR) is 83.0 cm³/mol. The van der Waals surface area contributed by atoms with Crippen molar-refractivity contribution in [1.29, 1.82) is 0 Å². The largest absolute Gasteiger partial charge is 0.477 e. The maximum Gasteiger partial charge on any atom is 0.341 e. The van der Waals surface area contributed by atoms with Crippen LogP contribution in [0.3, 0.4) is 0 Å². The van der Waals surface area contributed by atoms with Crippen molar-refractivity contribution in [2.24, 2.45) is 0 Å². The Bertz CT molecular complexity index is 960. The smallest absolute Gasteiger partial charge is 0.341 e. The lowest BCUT2D eigenvalue weighted by Gasteiger charge is -2.11. The lowest BCUT2D eigenvalue weighted by Crippen LogP contribution is -2.04. The van der Waals surface area contributed by atoms with Gasteiger partial charge in [-0.15, -0.1) is 0 Å². The average molecular weight is 345 g/mol. The topological polar surface area (TPSA) is 59.4 Å². The molecular weight excluding hydrogens is 335 g/mol. The third-order valence-corrected chi connectivity index (χ3v) is 3.36. The molecule has 2 aromatic carbocycles. The molecule has 0 unspecified atom stereocenters. The SMILES string of the molecule is O=C(O)c1ccc(-c2cccc(F)c2F)nc1Oc1ccccc1F. The fourth-order valence-electron chi connectivity index (χ4n) is 2.16. The van der Waals surface area contributed by atoms with Crippen LogP contribution in [0.15, 0.2) is 54.6 Å². The van der Waals surface area contributed by atoms with E-state index in [4.69, 9.17) is 4.74 Å². The van der Waals surface area contributed by atoms with Crippen LogP contribution in [0.25, 0.3) is 11.3 Å². The zero-order valence-corrected chi connectivity index (χ0v) is 12.5. The molecule has 0 saturated carbocycles. The summed E-state index contributed by atoms with van der Waals surface area (Å²) in [7, 11) is 0. The highest BCUT2D eigenvalue weighted by Crippen LogP contribution is 2.30. The Hall–Kier alpha value is -3.35. The van der Waals surface area contributed by atoms with Gasteiger partial charge < -0.3 is 9.84 Å². The van der Waals surface area contributed by atoms with Crippen molar-refractivity contribution in [3.8, 4) is 22.9 Å². The first-order valence-corrected chi connectivity index (χ1v) is 7.08. The van der Waals surface area contributed by atoms with Crippen molar-refractivity contribution in [3.63, 3.8) is 0 Å². The Morgan fingerprint density at radius 1 is 0.920 bits per heavy atom. The zero-order valence-electron chi connectivity index (χ0n) is 12.5. The van der Waals surface area contributed by atoms with Gasteiger partial charge in [0.05, 0.1) is 5.69 Å². The third kappa shape index (κ3) is 3.30. The molecule has 0 amide bonds. The molecule has 0 aliphatic carbocycles. The molecule has 0 radical (unpaired) electrons. The number of ether oxygens (including phenoxy) is 1. The number of carbonyl (C=O) groups is 1. The summed E-state index contributed by atoms with van der Waals surface area (Å²) in [6.07, 6.45) is 0. The van der Waals surface area contributed by atoms with Gasteiger partial charge in [0.1, 0.15) is 5.56 Å². The maximum atomic E-state index is 13.9. The quantitative estimate of drug-likeness (QED) is 0.747. The molecule has 1 heterocycles. The first-order chi connectivity index (χ1) is 12.0. The second-order valence-electron chi connectivity index (χ2n) is 4.99. The third-order valence-electron chi connectivity index (χ3n) is 3.36. The lowest BCUT2D eigenvalue weighted by molar-refractivity contribution is 0.0693. The second kappa shape index (κ2) is 6.64. The minimum atomic E-state index is -1.36. The highest BCUT2D eigenvalue weighted by atomic mass is 19.2. The predicted octanol–water partition coefficient (Wildman–Crippen LogP) is 4.66. The standard InChI is InChI=1S/C18H10F3NO3/c19-12-5-1-2-7-15(12)25-17-11(18(23)24)8-9-14(22-17)10-4-3-6-13(20)16(10)21/h1-9H,(H,23,24). The highest BCUT2D eigenvalue weighted by Gasteiger charge is 2.19. The van der Waals surface area contributed by atoms with Gasteiger partial charge in [0, 0.05) is 5.56 Å². The van der Waals surface area contributed by atoms with Crippen molar-refractivity contribution in [2.75, 3.05) is 0 Å². The molecule has 0 fully saturated rings. The molecule has 0 saturated heterocycles. The van der Waals surface area contributed by atoms with Gasteiger partial charge in [0.15, 0.2) is 23.2 Å². The molecule has 0 atom stereocenters. The normalized spacial score (nSPS) is 10.5. The number of benzene rings is 2. The lowest BCUT2D eigenvalue weighted by atomic mass is 10.1. The van der Waals surface area contributed by atoms with E-state index in [1.807, 2.05) is 0 Å². The summed E-state index contributed by atoms with van der Waals surface area (Å²) in [6, 6.07) is 11.2. The summed E-state index contributed by atoms with van der Waals surface area (Å²) in [5.41, 5.74) is -0.563. The van der Waals surface area contributed by atoms with Crippen molar-refractivity contribution in [3.05, 3.63) is 77.6 Å². The second-order valence-corrected chi connectivity index (χ2v) is 4.99. The highest BCUT2D eigenvalue weighted by molar-refractivity contribution is 5.90. The van der Waals surface area contributed by atoms with E-state index >= 15 is 0 Å². The molecule has 25 heavy (non-hydrogen) atoms. The van der Waals surface area contributed by atoms with E-state index in [9.17, 15) is 23.1 Å². The molecule has 0 aliphatic rings. The van der Waals surface area contributed by atoms with Crippen LogP contribution in [0.5, 0.6) is 11.6 Å². The average Bonchev–Trinajstić information content (AvgIpc) is 2.59. The van der Waals surface area contributed by atoms with Crippen LogP contribution < -0.4 is 4.74 Å². The number of halogens is 3. The number of aromatic nitrogens is 1. The van der Waals surface area contributed by atoms with Crippen LogP contribution in [0, 0.1) is 17.5 Å². The van der Waals surface area contributed by atoms with E-state index in [0.29, 0.717) is 0 Å². The van der Waals surface area contributed by atoms with E-state index in [1.165, 1.54) is 36.4 Å². The first-order valence-electron chi connectivity index (χ1n) is 7.08. The molecular formula is C18H10F3NO3. The molecule has 1 aromatic heterocycles. The Labute approximate surface area is 140 Å². The van der Waals surface area contributed by atoms with Crippen LogP contribution in [-0.2, 0) is 0 Å². The number of carboxylic acid groups (broad SMARTS) is 1. The summed E-state index contributed by atoms with van der Waals surface area (Å²) in [6.45, 7) is 0. The zero-order chi connectivity index (χ0) is 18.0. The number of rotatable bonds is 4. The minimum Gasteiger partial charge on any atom is -0.477 e. The summed E-state index contributed by atoms with van der Waals surface area (Å²) >= 11 is 0. The fraction of sp³-hybridized carbons (Fsp3) is 0. The van der Waals surface area contributed by atoms with Gasteiger partial charge in [-0.2, -0.15) is 0 Å². The summed E-state index contributed by atoms with van der Waals surface area (Å²) in [5, 5.41) is 9.23. The summed E-state index contributed by atoms with van der Waals surface area (Å²) < 4.78 is 46.3. The van der Waals surface area contributed by atoms with Gasteiger partial charge in [0.2, 0.25) is 5.88 Å². The van der Waals surface area contributed by atoms with E-state index in [-0.39, 0.29) is 22.6 Å². The number of aromatic carboxylic acids is 1.